The summed E-state index contributed by atoms with van der Waals surface area (Å²) in [6.45, 7) is 1.88. The summed E-state index contributed by atoms with van der Waals surface area (Å²) < 4.78 is 0. The Hall–Kier alpha value is -2.38. The summed E-state index contributed by atoms with van der Waals surface area (Å²) in [6, 6.07) is -0.730. The standard InChI is InChI=1S/C11H15N5O3/c1-2-5-8(12)9(16-15-5)11(19)13-6-3-4-7(17)14-10(6)18/h6H,2-4,12H2,1H3,(H,13,19)(H,15,16)(H,14,17,18). The molecule has 5 N–H and O–H groups in total. The Balaban J connectivity index is 2.06. The number of H-pyrrole nitrogens is 1. The lowest BCUT2D eigenvalue weighted by atomic mass is 10.1. The molecule has 2 heterocycles. The van der Waals surface area contributed by atoms with Crippen molar-refractivity contribution in [2.75, 3.05) is 5.73 Å². The summed E-state index contributed by atoms with van der Waals surface area (Å²) >= 11 is 0. The molecule has 0 saturated carbocycles. The van der Waals surface area contributed by atoms with E-state index in [0.717, 1.165) is 0 Å². The van der Waals surface area contributed by atoms with Gasteiger partial charge in [-0.1, -0.05) is 6.92 Å². The number of carbonyl (C=O) groups excluding carboxylic acids is 3. The second-order valence-electron chi connectivity index (χ2n) is 4.30. The third-order valence-electron chi connectivity index (χ3n) is 3.00. The molecule has 19 heavy (non-hydrogen) atoms. The molecule has 1 aromatic rings. The van der Waals surface area contributed by atoms with Gasteiger partial charge in [0.15, 0.2) is 5.69 Å². The molecule has 1 aliphatic rings. The van der Waals surface area contributed by atoms with Crippen molar-refractivity contribution in [3.63, 3.8) is 0 Å². The minimum Gasteiger partial charge on any atom is -0.395 e. The summed E-state index contributed by atoms with van der Waals surface area (Å²) in [5, 5.41) is 11.2. The Morgan fingerprint density at radius 2 is 2.26 bits per heavy atom. The first kappa shape index (κ1) is 13.1. The average molecular weight is 265 g/mol. The number of imide groups is 1. The lowest BCUT2D eigenvalue weighted by Crippen LogP contribution is -2.52. The number of nitrogens with zero attached hydrogens (tertiary/aromatic N) is 1. The third kappa shape index (κ3) is 2.56. The van der Waals surface area contributed by atoms with Crippen LogP contribution in [0.5, 0.6) is 0 Å². The zero-order valence-corrected chi connectivity index (χ0v) is 10.4. The summed E-state index contributed by atoms with van der Waals surface area (Å²) in [6.07, 6.45) is 1.11. The minimum atomic E-state index is -0.730. The predicted octanol–water partition coefficient (Wildman–Crippen LogP) is -0.911. The Morgan fingerprint density at radius 3 is 2.84 bits per heavy atom. The topological polar surface area (TPSA) is 130 Å². The van der Waals surface area contributed by atoms with E-state index in [4.69, 9.17) is 5.73 Å². The second kappa shape index (κ2) is 5.09. The first-order chi connectivity index (χ1) is 9.02. The molecule has 0 aromatic carbocycles. The molecule has 1 aliphatic heterocycles. The minimum absolute atomic E-state index is 0.0709. The van der Waals surface area contributed by atoms with Crippen LogP contribution in [0.15, 0.2) is 0 Å². The quantitative estimate of drug-likeness (QED) is 0.526. The van der Waals surface area contributed by atoms with Gasteiger partial charge in [-0.15, -0.1) is 0 Å². The zero-order valence-electron chi connectivity index (χ0n) is 10.4. The highest BCUT2D eigenvalue weighted by molar-refractivity contribution is 6.04. The van der Waals surface area contributed by atoms with E-state index in [1.54, 1.807) is 0 Å². The van der Waals surface area contributed by atoms with E-state index in [9.17, 15) is 14.4 Å². The maximum Gasteiger partial charge on any atom is 0.274 e. The fourth-order valence-corrected chi connectivity index (χ4v) is 1.89. The number of nitrogen functional groups attached to an aromatic ring is 1. The molecule has 2 rings (SSSR count). The molecule has 102 valence electrons. The molecule has 8 nitrogen and oxygen atoms in total. The van der Waals surface area contributed by atoms with Gasteiger partial charge in [-0.3, -0.25) is 24.8 Å². The fourth-order valence-electron chi connectivity index (χ4n) is 1.89. The molecule has 3 amide bonds. The molecule has 0 bridgehead atoms. The highest BCUT2D eigenvalue weighted by atomic mass is 16.2. The van der Waals surface area contributed by atoms with Gasteiger partial charge >= 0.3 is 0 Å². The van der Waals surface area contributed by atoms with E-state index in [0.29, 0.717) is 12.1 Å². The maximum absolute atomic E-state index is 12.0. The lowest BCUT2D eigenvalue weighted by Gasteiger charge is -2.21. The van der Waals surface area contributed by atoms with Crippen molar-refractivity contribution in [3.05, 3.63) is 11.4 Å². The first-order valence-corrected chi connectivity index (χ1v) is 6.00. The smallest absolute Gasteiger partial charge is 0.274 e. The monoisotopic (exact) mass is 265 g/mol. The number of nitrogens with two attached hydrogens (primary N) is 1. The Morgan fingerprint density at radius 1 is 1.53 bits per heavy atom. The number of aromatic nitrogens is 2. The van der Waals surface area contributed by atoms with Gasteiger partial charge in [0.2, 0.25) is 11.8 Å². The van der Waals surface area contributed by atoms with Crippen LogP contribution in [0.1, 0.15) is 35.9 Å². The molecule has 1 aromatic heterocycles. The molecular weight excluding hydrogens is 250 g/mol. The van der Waals surface area contributed by atoms with Crippen LogP contribution in [0, 0.1) is 0 Å². The highest BCUT2D eigenvalue weighted by Crippen LogP contribution is 2.15. The van der Waals surface area contributed by atoms with Crippen LogP contribution < -0.4 is 16.4 Å². The zero-order chi connectivity index (χ0) is 14.0. The molecule has 1 atom stereocenters. The van der Waals surface area contributed by atoms with E-state index < -0.39 is 17.9 Å². The average Bonchev–Trinajstić information content (AvgIpc) is 2.74. The van der Waals surface area contributed by atoms with Crippen molar-refractivity contribution in [1.82, 2.24) is 20.8 Å². The van der Waals surface area contributed by atoms with Gasteiger partial charge in [0, 0.05) is 6.42 Å². The van der Waals surface area contributed by atoms with Gasteiger partial charge in [-0.25, -0.2) is 0 Å². The lowest BCUT2D eigenvalue weighted by molar-refractivity contribution is -0.134. The molecule has 1 fully saturated rings. The molecule has 8 heteroatoms. The SMILES string of the molecule is CCc1[nH]nc(C(=O)NC2CCC(=O)NC2=O)c1N. The largest absolute Gasteiger partial charge is 0.395 e. The van der Waals surface area contributed by atoms with Crippen LogP contribution in [-0.2, 0) is 16.0 Å². The number of anilines is 1. The molecule has 0 spiro atoms. The second-order valence-corrected chi connectivity index (χ2v) is 4.30. The molecule has 1 saturated heterocycles. The van der Waals surface area contributed by atoms with E-state index in [-0.39, 0.29) is 30.1 Å². The fraction of sp³-hybridized carbons (Fsp3) is 0.455. The molecule has 0 aliphatic carbocycles. The van der Waals surface area contributed by atoms with E-state index in [1.807, 2.05) is 6.92 Å². The van der Waals surface area contributed by atoms with E-state index >= 15 is 0 Å². The number of amides is 3. The van der Waals surface area contributed by atoms with Crippen molar-refractivity contribution < 1.29 is 14.4 Å². The van der Waals surface area contributed by atoms with Crippen LogP contribution in [0.3, 0.4) is 0 Å². The van der Waals surface area contributed by atoms with Crippen LogP contribution in [0.2, 0.25) is 0 Å². The first-order valence-electron chi connectivity index (χ1n) is 6.00. The summed E-state index contributed by atoms with van der Waals surface area (Å²) in [4.78, 5) is 34.5. The van der Waals surface area contributed by atoms with Gasteiger partial charge in [0.25, 0.3) is 5.91 Å². The number of rotatable bonds is 3. The number of piperidine rings is 1. The highest BCUT2D eigenvalue weighted by Gasteiger charge is 2.29. The van der Waals surface area contributed by atoms with Crippen LogP contribution in [0.4, 0.5) is 5.69 Å². The number of carbonyl (C=O) groups is 3. The Labute approximate surface area is 109 Å². The Bertz CT molecular complexity index is 536. The van der Waals surface area contributed by atoms with Crippen molar-refractivity contribution in [3.8, 4) is 0 Å². The molecule has 0 radical (unpaired) electrons. The van der Waals surface area contributed by atoms with Crippen molar-refractivity contribution in [2.45, 2.75) is 32.2 Å². The number of aryl methyl sites for hydroxylation is 1. The van der Waals surface area contributed by atoms with Crippen molar-refractivity contribution >= 4 is 23.4 Å². The van der Waals surface area contributed by atoms with Crippen LogP contribution in [0.25, 0.3) is 0 Å². The van der Waals surface area contributed by atoms with Gasteiger partial charge in [0.05, 0.1) is 11.4 Å². The summed E-state index contributed by atoms with van der Waals surface area (Å²) in [5.74, 6) is -1.36. The molecular formula is C11H15N5O3. The third-order valence-corrected chi connectivity index (χ3v) is 3.00. The number of nitrogens with one attached hydrogen (secondary N) is 3. The van der Waals surface area contributed by atoms with Gasteiger partial charge in [-0.2, -0.15) is 5.10 Å². The number of hydrogen-bond acceptors (Lipinski definition) is 5. The van der Waals surface area contributed by atoms with E-state index in [2.05, 4.69) is 20.8 Å². The predicted molar refractivity (Wildman–Crippen MR) is 66.0 cm³/mol. The molecule has 1 unspecified atom stereocenters. The Kier molecular flexibility index (Phi) is 3.50. The number of hydrogen-bond donors (Lipinski definition) is 4. The summed E-state index contributed by atoms with van der Waals surface area (Å²) in [7, 11) is 0. The van der Waals surface area contributed by atoms with Crippen LogP contribution in [-0.4, -0.2) is 34.0 Å². The van der Waals surface area contributed by atoms with Crippen LogP contribution >= 0.6 is 0 Å². The van der Waals surface area contributed by atoms with Crippen molar-refractivity contribution in [1.29, 1.82) is 0 Å². The normalized spacial score (nSPS) is 19.1. The summed E-state index contributed by atoms with van der Waals surface area (Å²) in [5.41, 5.74) is 6.80. The van der Waals surface area contributed by atoms with Gasteiger partial charge < -0.3 is 11.1 Å². The van der Waals surface area contributed by atoms with Gasteiger partial charge in [-0.05, 0) is 12.8 Å². The number of aromatic amines is 1. The van der Waals surface area contributed by atoms with Gasteiger partial charge in [0.1, 0.15) is 6.04 Å². The maximum atomic E-state index is 12.0. The van der Waals surface area contributed by atoms with Crippen molar-refractivity contribution in [2.24, 2.45) is 0 Å². The van der Waals surface area contributed by atoms with E-state index in [1.165, 1.54) is 0 Å².